The zero-order valence-corrected chi connectivity index (χ0v) is 17.1. The molecule has 0 saturated heterocycles. The molecule has 0 bridgehead atoms. The number of sulfonamides is 1. The lowest BCUT2D eigenvalue weighted by molar-refractivity contribution is -0.140. The van der Waals surface area contributed by atoms with Gasteiger partial charge in [0.2, 0.25) is 10.0 Å². The number of hydrogen-bond donors (Lipinski definition) is 1. The number of allylic oxidation sites excluding steroid dienone is 1. The summed E-state index contributed by atoms with van der Waals surface area (Å²) in [6, 6.07) is 11.9. The van der Waals surface area contributed by atoms with Crippen LogP contribution in [0, 0.1) is 6.92 Å². The fraction of sp³-hybridized carbons (Fsp3) is 0.238. The largest absolute Gasteiger partial charge is 0.457 e. The lowest BCUT2D eigenvalue weighted by Gasteiger charge is -2.18. The number of benzene rings is 2. The standard InChI is InChI=1S/C21H23N3O4S/c1-4-8-16-9-6-7-10-18(16)19(20(23-22)21(25)28-5-2)24-29(26,27)17-13-11-15(3)12-14-17/h4,6-7,9-14,19,24H,1,5,8H2,2-3H3. The Bertz CT molecular complexity index is 1040. The summed E-state index contributed by atoms with van der Waals surface area (Å²) in [7, 11) is -4.04. The third kappa shape index (κ3) is 5.48. The Morgan fingerprint density at radius 2 is 1.90 bits per heavy atom. The molecule has 0 saturated carbocycles. The smallest absolute Gasteiger partial charge is 0.419 e. The fourth-order valence-corrected chi connectivity index (χ4v) is 3.97. The Morgan fingerprint density at radius 3 is 2.48 bits per heavy atom. The highest BCUT2D eigenvalue weighted by Crippen LogP contribution is 2.23. The average molecular weight is 413 g/mol. The van der Waals surface area contributed by atoms with Crippen molar-refractivity contribution < 1.29 is 22.7 Å². The molecule has 1 N–H and O–H groups in total. The quantitative estimate of drug-likeness (QED) is 0.224. The number of esters is 1. The molecule has 1 atom stereocenters. The lowest BCUT2D eigenvalue weighted by atomic mass is 9.95. The van der Waals surface area contributed by atoms with Crippen molar-refractivity contribution in [2.45, 2.75) is 31.2 Å². The summed E-state index contributed by atoms with van der Waals surface area (Å²) in [5, 5.41) is 0. The first-order chi connectivity index (χ1) is 13.8. The number of rotatable bonds is 9. The Kier molecular flexibility index (Phi) is 7.61. The molecule has 1 unspecified atom stereocenters. The molecule has 2 rings (SSSR count). The molecule has 7 nitrogen and oxygen atoms in total. The van der Waals surface area contributed by atoms with Gasteiger partial charge in [-0.05, 0) is 43.5 Å². The molecule has 0 aliphatic carbocycles. The summed E-state index contributed by atoms with van der Waals surface area (Å²) >= 11 is 0. The predicted molar refractivity (Wildman–Crippen MR) is 110 cm³/mol. The van der Waals surface area contributed by atoms with E-state index in [-0.39, 0.29) is 11.5 Å². The fourth-order valence-electron chi connectivity index (χ4n) is 2.79. The third-order valence-electron chi connectivity index (χ3n) is 4.20. The maximum atomic E-state index is 13.0. The second kappa shape index (κ2) is 9.93. The van der Waals surface area contributed by atoms with Crippen LogP contribution in [0.1, 0.15) is 29.7 Å². The monoisotopic (exact) mass is 413 g/mol. The highest BCUT2D eigenvalue weighted by Gasteiger charge is 2.38. The molecule has 8 heteroatoms. The van der Waals surface area contributed by atoms with Crippen molar-refractivity contribution in [3.05, 3.63) is 83.4 Å². The molecule has 0 amide bonds. The van der Waals surface area contributed by atoms with E-state index in [1.165, 1.54) is 12.1 Å². The maximum absolute atomic E-state index is 13.0. The van der Waals surface area contributed by atoms with Gasteiger partial charge in [-0.25, -0.2) is 13.2 Å². The first kappa shape index (κ1) is 22.2. The van der Waals surface area contributed by atoms with Gasteiger partial charge in [-0.15, -0.1) is 6.58 Å². The van der Waals surface area contributed by atoms with E-state index in [4.69, 9.17) is 4.74 Å². The van der Waals surface area contributed by atoms with Crippen LogP contribution >= 0.6 is 0 Å². The number of hydrogen-bond acceptors (Lipinski definition) is 4. The van der Waals surface area contributed by atoms with E-state index in [9.17, 15) is 18.7 Å². The molecule has 0 aliphatic rings. The van der Waals surface area contributed by atoms with Gasteiger partial charge in [0.25, 0.3) is 0 Å². The number of carbonyl (C=O) groups is 1. The number of carbonyl (C=O) groups excluding carboxylic acids is 1. The van der Waals surface area contributed by atoms with Crippen LogP contribution < -0.4 is 4.72 Å². The van der Waals surface area contributed by atoms with Gasteiger partial charge in [-0.3, -0.25) is 0 Å². The van der Waals surface area contributed by atoms with E-state index in [0.29, 0.717) is 12.0 Å². The van der Waals surface area contributed by atoms with Crippen molar-refractivity contribution in [2.75, 3.05) is 6.61 Å². The van der Waals surface area contributed by atoms with E-state index < -0.39 is 27.7 Å². The second-order valence-electron chi connectivity index (χ2n) is 6.26. The SMILES string of the molecule is C=CCc1ccccc1C(NS(=O)(=O)c1ccc(C)cc1)C(=[N+]=[N-])C(=O)OCC. The van der Waals surface area contributed by atoms with Crippen molar-refractivity contribution in [1.82, 2.24) is 4.72 Å². The Labute approximate surface area is 170 Å². The molecule has 29 heavy (non-hydrogen) atoms. The minimum atomic E-state index is -4.04. The summed E-state index contributed by atoms with van der Waals surface area (Å²) in [5.74, 6) is -0.917. The highest BCUT2D eigenvalue weighted by molar-refractivity contribution is 7.89. The maximum Gasteiger partial charge on any atom is 0.419 e. The van der Waals surface area contributed by atoms with Gasteiger partial charge in [-0.2, -0.15) is 9.51 Å². The second-order valence-corrected chi connectivity index (χ2v) is 7.98. The van der Waals surface area contributed by atoms with Gasteiger partial charge in [-0.1, -0.05) is 48.0 Å². The van der Waals surface area contributed by atoms with Crippen molar-refractivity contribution in [3.8, 4) is 0 Å². The van der Waals surface area contributed by atoms with Gasteiger partial charge in [0.05, 0.1) is 11.5 Å². The van der Waals surface area contributed by atoms with Gasteiger partial charge in [0.1, 0.15) is 0 Å². The minimum absolute atomic E-state index is 0.0236. The summed E-state index contributed by atoms with van der Waals surface area (Å²) in [6.07, 6.45) is 2.09. The summed E-state index contributed by atoms with van der Waals surface area (Å²) in [4.78, 5) is 15.4. The van der Waals surface area contributed by atoms with Crippen molar-refractivity contribution in [2.24, 2.45) is 0 Å². The van der Waals surface area contributed by atoms with Crippen LogP contribution in [0.15, 0.2) is 66.1 Å². The summed E-state index contributed by atoms with van der Waals surface area (Å²) < 4.78 is 33.4. The number of nitrogens with one attached hydrogen (secondary N) is 1. The minimum Gasteiger partial charge on any atom is -0.457 e. The molecular formula is C21H23N3O4S. The van der Waals surface area contributed by atoms with Gasteiger partial charge in [0, 0.05) is 0 Å². The van der Waals surface area contributed by atoms with Crippen molar-refractivity contribution in [3.63, 3.8) is 0 Å². The summed E-state index contributed by atoms with van der Waals surface area (Å²) in [6.45, 7) is 7.20. The van der Waals surface area contributed by atoms with Crippen LogP contribution in [-0.2, 0) is 26.0 Å². The molecule has 152 valence electrons. The van der Waals surface area contributed by atoms with E-state index in [2.05, 4.69) is 16.1 Å². The predicted octanol–water partition coefficient (Wildman–Crippen LogP) is 2.98. The van der Waals surface area contributed by atoms with E-state index >= 15 is 0 Å². The number of aryl methyl sites for hydroxylation is 1. The first-order valence-corrected chi connectivity index (χ1v) is 10.5. The van der Waals surface area contributed by atoms with Gasteiger partial charge < -0.3 is 10.3 Å². The molecule has 0 fully saturated rings. The van der Waals surface area contributed by atoms with Crippen LogP contribution in [0.3, 0.4) is 0 Å². The zero-order valence-electron chi connectivity index (χ0n) is 16.3. The molecule has 0 aliphatic heterocycles. The summed E-state index contributed by atoms with van der Waals surface area (Å²) in [5.41, 5.74) is 11.1. The van der Waals surface area contributed by atoms with Crippen LogP contribution in [0.5, 0.6) is 0 Å². The topological polar surface area (TPSA) is 109 Å². The normalized spacial score (nSPS) is 11.9. The van der Waals surface area contributed by atoms with Crippen molar-refractivity contribution in [1.29, 1.82) is 0 Å². The molecule has 0 heterocycles. The lowest BCUT2D eigenvalue weighted by Crippen LogP contribution is -2.39. The Balaban J connectivity index is 2.59. The first-order valence-electron chi connectivity index (χ1n) is 9.00. The van der Waals surface area contributed by atoms with E-state index in [1.807, 2.05) is 6.92 Å². The number of nitrogens with zero attached hydrogens (tertiary/aromatic N) is 2. The van der Waals surface area contributed by atoms with Crippen molar-refractivity contribution >= 4 is 21.7 Å². The molecule has 2 aromatic carbocycles. The van der Waals surface area contributed by atoms with Crippen LogP contribution in [0.4, 0.5) is 0 Å². The van der Waals surface area contributed by atoms with Gasteiger partial charge in [0.15, 0.2) is 6.04 Å². The Hall–Kier alpha value is -3.06. The molecule has 0 aromatic heterocycles. The molecular weight excluding hydrogens is 390 g/mol. The van der Waals surface area contributed by atoms with Crippen LogP contribution in [0.25, 0.3) is 5.53 Å². The average Bonchev–Trinajstić information content (AvgIpc) is 2.69. The zero-order chi connectivity index (χ0) is 21.4. The highest BCUT2D eigenvalue weighted by atomic mass is 32.2. The van der Waals surface area contributed by atoms with E-state index in [0.717, 1.165) is 11.1 Å². The third-order valence-corrected chi connectivity index (χ3v) is 5.64. The molecule has 0 spiro atoms. The molecule has 2 aromatic rings. The molecule has 0 radical (unpaired) electrons. The number of ether oxygens (including phenoxy) is 1. The Morgan fingerprint density at radius 1 is 1.24 bits per heavy atom. The van der Waals surface area contributed by atoms with Crippen LogP contribution in [0.2, 0.25) is 0 Å². The van der Waals surface area contributed by atoms with Crippen LogP contribution in [-0.4, -0.2) is 31.5 Å². The van der Waals surface area contributed by atoms with Gasteiger partial charge >= 0.3 is 11.7 Å². The van der Waals surface area contributed by atoms with E-state index in [1.54, 1.807) is 49.4 Å².